The lowest BCUT2D eigenvalue weighted by Gasteiger charge is -2.44. The van der Waals surface area contributed by atoms with Gasteiger partial charge in [-0.3, -0.25) is 0 Å². The SMILES string of the molecule is CN1CC[C@@H]2c3ccccc3Sc3ccccc3[C@]2(O)C1.Cl. The summed E-state index contributed by atoms with van der Waals surface area (Å²) in [5.41, 5.74) is 1.60. The van der Waals surface area contributed by atoms with Crippen molar-refractivity contribution >= 4 is 24.2 Å². The Morgan fingerprint density at radius 3 is 2.59 bits per heavy atom. The zero-order valence-electron chi connectivity index (χ0n) is 12.5. The van der Waals surface area contributed by atoms with Gasteiger partial charge in [-0.1, -0.05) is 48.2 Å². The third-order valence-corrected chi connectivity index (χ3v) is 5.92. The van der Waals surface area contributed by atoms with Gasteiger partial charge in [0.05, 0.1) is 0 Å². The number of halogens is 1. The summed E-state index contributed by atoms with van der Waals surface area (Å²) >= 11 is 1.79. The fraction of sp³-hybridized carbons (Fsp3) is 0.333. The quantitative estimate of drug-likeness (QED) is 0.791. The number of benzene rings is 2. The van der Waals surface area contributed by atoms with Gasteiger partial charge < -0.3 is 10.0 Å². The van der Waals surface area contributed by atoms with Crippen LogP contribution >= 0.6 is 24.2 Å². The molecule has 116 valence electrons. The average Bonchev–Trinajstić information content (AvgIpc) is 2.59. The second-order valence-electron chi connectivity index (χ2n) is 6.14. The standard InChI is InChI=1S/C18H19NOS.ClH/c1-19-11-10-14-13-6-2-4-8-16(13)21-17-9-5-3-7-15(17)18(14,20)12-19;/h2-9,14,20H,10-12H2,1H3;1H/t14-,18+;/m1./s1. The number of likely N-dealkylation sites (tertiary alicyclic amines) is 1. The minimum atomic E-state index is -0.788. The van der Waals surface area contributed by atoms with Crippen LogP contribution in [-0.4, -0.2) is 30.1 Å². The van der Waals surface area contributed by atoms with Gasteiger partial charge in [-0.15, -0.1) is 12.4 Å². The van der Waals surface area contributed by atoms with E-state index < -0.39 is 5.60 Å². The first-order valence-electron chi connectivity index (χ1n) is 7.46. The molecule has 0 aliphatic carbocycles. The Morgan fingerprint density at radius 2 is 1.77 bits per heavy atom. The van der Waals surface area contributed by atoms with Crippen molar-refractivity contribution < 1.29 is 5.11 Å². The topological polar surface area (TPSA) is 23.5 Å². The Balaban J connectivity index is 0.00000144. The summed E-state index contributed by atoms with van der Waals surface area (Å²) in [4.78, 5) is 4.71. The van der Waals surface area contributed by atoms with Crippen molar-refractivity contribution in [2.45, 2.75) is 27.7 Å². The molecule has 0 radical (unpaired) electrons. The van der Waals surface area contributed by atoms with Gasteiger partial charge in [-0.05, 0) is 43.3 Å². The maximum atomic E-state index is 11.6. The molecule has 2 atom stereocenters. The van der Waals surface area contributed by atoms with Crippen LogP contribution in [0.15, 0.2) is 58.3 Å². The number of hydrogen-bond donors (Lipinski definition) is 1. The predicted octanol–water partition coefficient (Wildman–Crippen LogP) is 3.88. The molecule has 4 heteroatoms. The summed E-state index contributed by atoms with van der Waals surface area (Å²) in [6.45, 7) is 1.73. The highest BCUT2D eigenvalue weighted by Gasteiger charge is 2.46. The first-order chi connectivity index (χ1) is 10.2. The zero-order chi connectivity index (χ0) is 14.4. The maximum absolute atomic E-state index is 11.6. The third-order valence-electron chi connectivity index (χ3n) is 4.75. The van der Waals surface area contributed by atoms with Gasteiger partial charge >= 0.3 is 0 Å². The Kier molecular flexibility index (Phi) is 4.25. The molecule has 0 aromatic heterocycles. The van der Waals surface area contributed by atoms with Gasteiger partial charge in [0.1, 0.15) is 5.60 Å². The van der Waals surface area contributed by atoms with E-state index in [2.05, 4.69) is 54.4 Å². The molecule has 2 heterocycles. The van der Waals surface area contributed by atoms with Crippen molar-refractivity contribution in [3.63, 3.8) is 0 Å². The van der Waals surface area contributed by atoms with E-state index in [1.165, 1.54) is 15.4 Å². The lowest BCUT2D eigenvalue weighted by atomic mass is 9.73. The summed E-state index contributed by atoms with van der Waals surface area (Å²) in [5.74, 6) is 0.182. The summed E-state index contributed by atoms with van der Waals surface area (Å²) in [7, 11) is 2.10. The summed E-state index contributed by atoms with van der Waals surface area (Å²) in [6.07, 6.45) is 0.999. The van der Waals surface area contributed by atoms with E-state index in [0.29, 0.717) is 6.54 Å². The number of piperidine rings is 1. The van der Waals surface area contributed by atoms with Crippen LogP contribution in [0.4, 0.5) is 0 Å². The maximum Gasteiger partial charge on any atom is 0.110 e. The molecule has 0 amide bonds. The molecular weight excluding hydrogens is 314 g/mol. The van der Waals surface area contributed by atoms with Crippen molar-refractivity contribution in [1.29, 1.82) is 0 Å². The normalized spacial score (nSPS) is 26.9. The van der Waals surface area contributed by atoms with Crippen LogP contribution in [0.3, 0.4) is 0 Å². The molecule has 2 aromatic rings. The van der Waals surface area contributed by atoms with Crippen LogP contribution < -0.4 is 0 Å². The van der Waals surface area contributed by atoms with Gasteiger partial charge in [0.15, 0.2) is 0 Å². The van der Waals surface area contributed by atoms with Crippen molar-refractivity contribution in [1.82, 2.24) is 4.90 Å². The number of hydrogen-bond acceptors (Lipinski definition) is 3. The Hall–Kier alpha value is -1.00. The highest BCUT2D eigenvalue weighted by atomic mass is 35.5. The molecule has 0 unspecified atom stereocenters. The van der Waals surface area contributed by atoms with Gasteiger partial charge in [-0.25, -0.2) is 0 Å². The average molecular weight is 334 g/mol. The number of fused-ring (bicyclic) bond motifs is 5. The van der Waals surface area contributed by atoms with E-state index in [-0.39, 0.29) is 18.3 Å². The molecule has 2 aromatic carbocycles. The number of nitrogens with zero attached hydrogens (tertiary/aromatic N) is 1. The van der Waals surface area contributed by atoms with E-state index >= 15 is 0 Å². The highest BCUT2D eigenvalue weighted by molar-refractivity contribution is 7.99. The van der Waals surface area contributed by atoms with Crippen LogP contribution in [0.5, 0.6) is 0 Å². The lowest BCUT2D eigenvalue weighted by molar-refractivity contribution is -0.0499. The van der Waals surface area contributed by atoms with Crippen molar-refractivity contribution in [2.75, 3.05) is 20.1 Å². The smallest absolute Gasteiger partial charge is 0.110 e. The van der Waals surface area contributed by atoms with Gasteiger partial charge in [0.25, 0.3) is 0 Å². The zero-order valence-corrected chi connectivity index (χ0v) is 14.2. The molecule has 0 spiro atoms. The van der Waals surface area contributed by atoms with Crippen LogP contribution in [-0.2, 0) is 5.60 Å². The minimum absolute atomic E-state index is 0. The van der Waals surface area contributed by atoms with Crippen LogP contribution in [0.2, 0.25) is 0 Å². The second-order valence-corrected chi connectivity index (χ2v) is 7.22. The van der Waals surface area contributed by atoms with Crippen molar-refractivity contribution in [3.05, 3.63) is 59.7 Å². The molecule has 4 rings (SSSR count). The molecule has 2 nitrogen and oxygen atoms in total. The van der Waals surface area contributed by atoms with Gasteiger partial charge in [-0.2, -0.15) is 0 Å². The largest absolute Gasteiger partial charge is 0.383 e. The van der Waals surface area contributed by atoms with E-state index in [1.807, 2.05) is 6.07 Å². The molecule has 2 aliphatic rings. The monoisotopic (exact) mass is 333 g/mol. The summed E-state index contributed by atoms with van der Waals surface area (Å²) < 4.78 is 0. The molecule has 22 heavy (non-hydrogen) atoms. The number of likely N-dealkylation sites (N-methyl/N-ethyl adjacent to an activating group) is 1. The third kappa shape index (κ3) is 2.37. The van der Waals surface area contributed by atoms with E-state index in [4.69, 9.17) is 0 Å². The van der Waals surface area contributed by atoms with E-state index in [9.17, 15) is 5.11 Å². The summed E-state index contributed by atoms with van der Waals surface area (Å²) in [6, 6.07) is 16.9. The number of β-amino-alcohol motifs (C(OH)–C–C–N with tert-alkyl or cyclic N) is 1. The molecule has 1 fully saturated rings. The van der Waals surface area contributed by atoms with Crippen molar-refractivity contribution in [3.8, 4) is 0 Å². The molecule has 1 saturated heterocycles. The molecular formula is C18H20ClNOS. The van der Waals surface area contributed by atoms with Crippen LogP contribution in [0.1, 0.15) is 23.5 Å². The predicted molar refractivity (Wildman–Crippen MR) is 93.0 cm³/mol. The minimum Gasteiger partial charge on any atom is -0.383 e. The first kappa shape index (κ1) is 15.9. The molecule has 2 aliphatic heterocycles. The number of aliphatic hydroxyl groups is 1. The first-order valence-corrected chi connectivity index (χ1v) is 8.27. The van der Waals surface area contributed by atoms with Crippen molar-refractivity contribution in [2.24, 2.45) is 0 Å². The van der Waals surface area contributed by atoms with Gasteiger partial charge in [0.2, 0.25) is 0 Å². The Bertz CT molecular complexity index is 692. The molecule has 0 bridgehead atoms. The Morgan fingerprint density at radius 1 is 1.09 bits per heavy atom. The van der Waals surface area contributed by atoms with E-state index in [1.54, 1.807) is 11.8 Å². The second kappa shape index (κ2) is 5.89. The summed E-state index contributed by atoms with van der Waals surface area (Å²) in [5, 5.41) is 11.6. The lowest BCUT2D eigenvalue weighted by Crippen LogP contribution is -2.49. The molecule has 1 N–H and O–H groups in total. The van der Waals surface area contributed by atoms with Gasteiger partial charge in [0, 0.05) is 22.3 Å². The van der Waals surface area contributed by atoms with E-state index in [0.717, 1.165) is 18.5 Å². The molecule has 0 saturated carbocycles. The van der Waals surface area contributed by atoms with Crippen LogP contribution in [0, 0.1) is 0 Å². The fourth-order valence-electron chi connectivity index (χ4n) is 3.77. The Labute approximate surface area is 141 Å². The van der Waals surface area contributed by atoms with Crippen LogP contribution in [0.25, 0.3) is 0 Å². The number of rotatable bonds is 0. The fourth-order valence-corrected chi connectivity index (χ4v) is 4.98. The highest BCUT2D eigenvalue weighted by Crippen LogP contribution is 2.52.